The van der Waals surface area contributed by atoms with Crippen LogP contribution in [0.1, 0.15) is 142 Å². The second kappa shape index (κ2) is 31.3. The molecule has 1 amide bonds. The Morgan fingerprint density at radius 2 is 1.27 bits per heavy atom. The minimum atomic E-state index is -4.40. The quantitative estimate of drug-likeness (QED) is 0.0279. The van der Waals surface area contributed by atoms with E-state index in [9.17, 15) is 24.5 Å². The van der Waals surface area contributed by atoms with Crippen LogP contribution in [0.5, 0.6) is 0 Å². The van der Waals surface area contributed by atoms with Crippen LogP contribution in [-0.2, 0) is 18.4 Å². The van der Waals surface area contributed by atoms with Gasteiger partial charge in [0.25, 0.3) is 0 Å². The number of unbranched alkanes of at least 4 members (excludes halogenated alkanes) is 14. The van der Waals surface area contributed by atoms with Crippen molar-refractivity contribution in [1.29, 1.82) is 0 Å². The SMILES string of the molecule is CCCCC/C=C\CCCCCC(O)CC(=O)NC(COP(=O)(O)OCCN)C(O)/C=C/CC/C=C/CCCCCCCCC. The Morgan fingerprint density at radius 1 is 0.756 bits per heavy atom. The summed E-state index contributed by atoms with van der Waals surface area (Å²) in [6.07, 6.45) is 30.9. The van der Waals surface area contributed by atoms with Gasteiger partial charge in [-0.25, -0.2) is 4.57 Å². The summed E-state index contributed by atoms with van der Waals surface area (Å²) in [5.74, 6) is -0.470. The van der Waals surface area contributed by atoms with Crippen LogP contribution in [0, 0.1) is 0 Å². The van der Waals surface area contributed by atoms with Gasteiger partial charge in [-0.2, -0.15) is 0 Å². The highest BCUT2D eigenvalue weighted by atomic mass is 31.2. The molecule has 0 aromatic carbocycles. The predicted molar refractivity (Wildman–Crippen MR) is 186 cm³/mol. The first-order valence-electron chi connectivity index (χ1n) is 17.7. The molecule has 0 fully saturated rings. The van der Waals surface area contributed by atoms with Gasteiger partial charge in [-0.15, -0.1) is 0 Å². The molecule has 0 heterocycles. The number of carbonyl (C=O) groups excluding carboxylic acids is 1. The standard InChI is InChI=1S/C35H67N2O7P/c1-3-5-7-9-11-13-15-16-17-19-21-23-25-27-34(39)33(31-44-45(41,42)43-29-28-36)37-35(40)30-32(38)26-24-22-20-18-14-12-10-8-6-4-2/h12,14,17,19,25,27,32-34,38-39H,3-11,13,15-16,18,20-24,26,28-31,36H2,1-2H3,(H,37,40)(H,41,42)/b14-12-,19-17+,27-25+. The molecule has 0 aliphatic carbocycles. The maximum absolute atomic E-state index is 12.7. The fourth-order valence-corrected chi connectivity index (χ4v) is 5.53. The van der Waals surface area contributed by atoms with Crippen LogP contribution in [0.4, 0.5) is 0 Å². The molecule has 0 radical (unpaired) electrons. The molecule has 45 heavy (non-hydrogen) atoms. The minimum Gasteiger partial charge on any atom is -0.393 e. The Bertz CT molecular complexity index is 822. The second-order valence-corrected chi connectivity index (χ2v) is 13.4. The maximum atomic E-state index is 12.7. The van der Waals surface area contributed by atoms with Crippen molar-refractivity contribution < 1.29 is 33.5 Å². The van der Waals surface area contributed by atoms with Crippen molar-refractivity contribution in [3.05, 3.63) is 36.5 Å². The average molecular weight is 659 g/mol. The van der Waals surface area contributed by atoms with Crippen LogP contribution in [0.3, 0.4) is 0 Å². The van der Waals surface area contributed by atoms with Gasteiger partial charge >= 0.3 is 7.82 Å². The first kappa shape index (κ1) is 43.7. The zero-order chi connectivity index (χ0) is 33.4. The van der Waals surface area contributed by atoms with Crippen LogP contribution in [0.25, 0.3) is 0 Å². The van der Waals surface area contributed by atoms with Crippen molar-refractivity contribution in [2.75, 3.05) is 19.8 Å². The smallest absolute Gasteiger partial charge is 0.393 e. The summed E-state index contributed by atoms with van der Waals surface area (Å²) in [4.78, 5) is 22.5. The van der Waals surface area contributed by atoms with Crippen LogP contribution in [-0.4, -0.2) is 59.0 Å². The number of allylic oxidation sites excluding steroid dienone is 5. The number of phosphoric acid groups is 1. The number of phosphoric ester groups is 1. The molecule has 0 aromatic rings. The highest BCUT2D eigenvalue weighted by Gasteiger charge is 2.27. The van der Waals surface area contributed by atoms with Gasteiger partial charge in [0, 0.05) is 6.54 Å². The van der Waals surface area contributed by atoms with Crippen molar-refractivity contribution in [3.63, 3.8) is 0 Å². The third kappa shape index (κ3) is 29.8. The summed E-state index contributed by atoms with van der Waals surface area (Å²) < 4.78 is 21.9. The topological polar surface area (TPSA) is 151 Å². The monoisotopic (exact) mass is 658 g/mol. The number of aliphatic hydroxyl groups is 2. The predicted octanol–water partition coefficient (Wildman–Crippen LogP) is 7.80. The van der Waals surface area contributed by atoms with E-state index in [2.05, 4.69) is 43.5 Å². The molecular formula is C35H67N2O7P. The summed E-state index contributed by atoms with van der Waals surface area (Å²) in [5.41, 5.74) is 5.33. The molecule has 0 rings (SSSR count). The Kier molecular flexibility index (Phi) is 30.4. The van der Waals surface area contributed by atoms with E-state index in [4.69, 9.17) is 14.8 Å². The second-order valence-electron chi connectivity index (χ2n) is 11.9. The van der Waals surface area contributed by atoms with Crippen molar-refractivity contribution in [1.82, 2.24) is 5.32 Å². The zero-order valence-electron chi connectivity index (χ0n) is 28.5. The van der Waals surface area contributed by atoms with E-state index in [-0.39, 0.29) is 19.6 Å². The fourth-order valence-electron chi connectivity index (χ4n) is 4.77. The molecule has 0 spiro atoms. The van der Waals surface area contributed by atoms with Crippen molar-refractivity contribution in [2.24, 2.45) is 5.73 Å². The summed E-state index contributed by atoms with van der Waals surface area (Å²) in [7, 11) is -4.40. The Morgan fingerprint density at radius 3 is 1.89 bits per heavy atom. The largest absolute Gasteiger partial charge is 0.472 e. The molecule has 10 heteroatoms. The summed E-state index contributed by atoms with van der Waals surface area (Å²) >= 11 is 0. The lowest BCUT2D eigenvalue weighted by atomic mass is 10.1. The van der Waals surface area contributed by atoms with Gasteiger partial charge < -0.3 is 26.2 Å². The molecule has 0 aromatic heterocycles. The van der Waals surface area contributed by atoms with Gasteiger partial charge in [0.05, 0.1) is 37.9 Å². The molecule has 6 N–H and O–H groups in total. The van der Waals surface area contributed by atoms with E-state index in [0.29, 0.717) is 12.8 Å². The number of hydrogen-bond acceptors (Lipinski definition) is 7. The number of hydrogen-bond donors (Lipinski definition) is 5. The minimum absolute atomic E-state index is 0.0422. The lowest BCUT2D eigenvalue weighted by Crippen LogP contribution is -2.46. The summed E-state index contributed by atoms with van der Waals surface area (Å²) in [6.45, 7) is 3.86. The van der Waals surface area contributed by atoms with E-state index in [1.54, 1.807) is 6.08 Å². The fraction of sp³-hybridized carbons (Fsp3) is 0.800. The maximum Gasteiger partial charge on any atom is 0.472 e. The molecule has 0 bridgehead atoms. The first-order chi connectivity index (χ1) is 21.8. The number of nitrogens with one attached hydrogen (secondary N) is 1. The Balaban J connectivity index is 4.59. The Hall–Kier alpha value is -1.32. The lowest BCUT2D eigenvalue weighted by molar-refractivity contribution is -0.124. The van der Waals surface area contributed by atoms with Crippen molar-refractivity contribution >= 4 is 13.7 Å². The summed E-state index contributed by atoms with van der Waals surface area (Å²) in [5, 5.41) is 23.8. The van der Waals surface area contributed by atoms with Crippen molar-refractivity contribution in [3.8, 4) is 0 Å². The zero-order valence-corrected chi connectivity index (χ0v) is 29.4. The van der Waals surface area contributed by atoms with Gasteiger partial charge in [0.15, 0.2) is 0 Å². The van der Waals surface area contributed by atoms with Gasteiger partial charge in [-0.05, 0) is 57.8 Å². The highest BCUT2D eigenvalue weighted by Crippen LogP contribution is 2.43. The van der Waals surface area contributed by atoms with Crippen LogP contribution >= 0.6 is 7.82 Å². The van der Waals surface area contributed by atoms with Gasteiger partial charge in [-0.3, -0.25) is 13.8 Å². The normalized spacial score (nSPS) is 15.6. The van der Waals surface area contributed by atoms with Crippen LogP contribution in [0.2, 0.25) is 0 Å². The molecule has 0 aliphatic rings. The van der Waals surface area contributed by atoms with Crippen LogP contribution < -0.4 is 11.1 Å². The van der Waals surface area contributed by atoms with Gasteiger partial charge in [0.2, 0.25) is 5.91 Å². The van der Waals surface area contributed by atoms with E-state index in [1.807, 2.05) is 6.08 Å². The molecule has 9 nitrogen and oxygen atoms in total. The van der Waals surface area contributed by atoms with Gasteiger partial charge in [0.1, 0.15) is 0 Å². The Labute approximate surface area is 274 Å². The number of nitrogens with two attached hydrogens (primary N) is 1. The molecule has 0 aliphatic heterocycles. The van der Waals surface area contributed by atoms with Crippen molar-refractivity contribution in [2.45, 2.75) is 161 Å². The third-order valence-electron chi connectivity index (χ3n) is 7.49. The van der Waals surface area contributed by atoms with E-state index in [1.165, 1.54) is 64.2 Å². The first-order valence-corrected chi connectivity index (χ1v) is 19.2. The van der Waals surface area contributed by atoms with Gasteiger partial charge in [-0.1, -0.05) is 115 Å². The number of aliphatic hydroxyl groups excluding tert-OH is 2. The third-order valence-corrected chi connectivity index (χ3v) is 8.48. The number of rotatable bonds is 32. The van der Waals surface area contributed by atoms with E-state index < -0.39 is 38.6 Å². The number of amides is 1. The van der Waals surface area contributed by atoms with Crippen LogP contribution in [0.15, 0.2) is 36.5 Å². The molecule has 0 saturated carbocycles. The highest BCUT2D eigenvalue weighted by molar-refractivity contribution is 7.47. The molecule has 4 unspecified atom stereocenters. The van der Waals surface area contributed by atoms with E-state index >= 15 is 0 Å². The molecule has 0 saturated heterocycles. The molecule has 264 valence electrons. The molecule has 4 atom stereocenters. The lowest BCUT2D eigenvalue weighted by Gasteiger charge is -2.24. The number of carbonyl (C=O) groups is 1. The summed E-state index contributed by atoms with van der Waals surface area (Å²) in [6, 6.07) is -1.00. The average Bonchev–Trinajstić information content (AvgIpc) is 3.01. The van der Waals surface area contributed by atoms with E-state index in [0.717, 1.165) is 44.9 Å². The molecular weight excluding hydrogens is 591 g/mol.